The summed E-state index contributed by atoms with van der Waals surface area (Å²) in [4.78, 5) is 12.7. The van der Waals surface area contributed by atoms with E-state index in [1.807, 2.05) is 20.8 Å². The Kier molecular flexibility index (Phi) is 7.67. The average molecular weight is 445 g/mol. The van der Waals surface area contributed by atoms with Crippen LogP contribution in [-0.4, -0.2) is 48.7 Å². The standard InChI is InChI=1S/C17H24N4O4S3/c1-6-25-14-9-7-13(8-10-14)21(28(5,23)24)12(4)15(22)18-16-19-20-17(27-16)26-11(2)3/h7-12H,6H2,1-5H3,(H,18,19,22)/t12-/m1/s1. The lowest BCUT2D eigenvalue weighted by molar-refractivity contribution is -0.116. The van der Waals surface area contributed by atoms with E-state index in [0.29, 0.717) is 28.4 Å². The van der Waals surface area contributed by atoms with Gasteiger partial charge in [-0.2, -0.15) is 0 Å². The molecule has 28 heavy (non-hydrogen) atoms. The van der Waals surface area contributed by atoms with E-state index in [-0.39, 0.29) is 0 Å². The number of ether oxygens (including phenoxy) is 1. The van der Waals surface area contributed by atoms with Gasteiger partial charge in [0.25, 0.3) is 0 Å². The second kappa shape index (κ2) is 9.57. The maximum Gasteiger partial charge on any atom is 0.249 e. The van der Waals surface area contributed by atoms with Crippen molar-refractivity contribution in [1.82, 2.24) is 10.2 Å². The summed E-state index contributed by atoms with van der Waals surface area (Å²) < 4.78 is 31.9. The van der Waals surface area contributed by atoms with Gasteiger partial charge < -0.3 is 4.74 Å². The van der Waals surface area contributed by atoms with Gasteiger partial charge in [-0.15, -0.1) is 10.2 Å². The van der Waals surface area contributed by atoms with Gasteiger partial charge in [-0.1, -0.05) is 36.9 Å². The van der Waals surface area contributed by atoms with E-state index in [9.17, 15) is 13.2 Å². The molecule has 0 bridgehead atoms. The van der Waals surface area contributed by atoms with Gasteiger partial charge in [-0.3, -0.25) is 14.4 Å². The number of rotatable bonds is 9. The molecule has 11 heteroatoms. The molecule has 154 valence electrons. The van der Waals surface area contributed by atoms with Gasteiger partial charge in [-0.25, -0.2) is 8.42 Å². The van der Waals surface area contributed by atoms with E-state index < -0.39 is 22.0 Å². The molecule has 0 unspecified atom stereocenters. The van der Waals surface area contributed by atoms with E-state index in [1.54, 1.807) is 36.0 Å². The fourth-order valence-electron chi connectivity index (χ4n) is 2.38. The molecule has 0 radical (unpaired) electrons. The third-order valence-electron chi connectivity index (χ3n) is 3.46. The summed E-state index contributed by atoms with van der Waals surface area (Å²) in [5, 5.41) is 11.3. The van der Waals surface area contributed by atoms with Crippen LogP contribution in [0.15, 0.2) is 28.6 Å². The van der Waals surface area contributed by atoms with Crippen LogP contribution in [0.2, 0.25) is 0 Å². The second-order valence-corrected chi connectivity index (χ2v) is 10.9. The maximum atomic E-state index is 12.7. The predicted octanol–water partition coefficient (Wildman–Crippen LogP) is 3.23. The Labute approximate surface area is 173 Å². The highest BCUT2D eigenvalue weighted by atomic mass is 32.2. The second-order valence-electron chi connectivity index (χ2n) is 6.19. The first-order valence-corrected chi connectivity index (χ1v) is 12.2. The normalized spacial score (nSPS) is 12.6. The number of aromatic nitrogens is 2. The highest BCUT2D eigenvalue weighted by Gasteiger charge is 2.29. The Hall–Kier alpha value is -1.85. The van der Waals surface area contributed by atoms with Crippen LogP contribution in [0, 0.1) is 0 Å². The summed E-state index contributed by atoms with van der Waals surface area (Å²) in [6.45, 7) is 7.96. The first-order valence-electron chi connectivity index (χ1n) is 8.65. The minimum Gasteiger partial charge on any atom is -0.494 e. The molecular formula is C17H24N4O4S3. The third-order valence-corrected chi connectivity index (χ3v) is 6.63. The van der Waals surface area contributed by atoms with Crippen LogP contribution < -0.4 is 14.4 Å². The van der Waals surface area contributed by atoms with Crippen molar-refractivity contribution in [1.29, 1.82) is 0 Å². The number of benzene rings is 1. The number of hydrogen-bond acceptors (Lipinski definition) is 8. The van der Waals surface area contributed by atoms with Gasteiger partial charge in [-0.05, 0) is 38.1 Å². The Morgan fingerprint density at radius 3 is 2.43 bits per heavy atom. The number of carbonyl (C=O) groups excluding carboxylic acids is 1. The summed E-state index contributed by atoms with van der Waals surface area (Å²) in [6, 6.07) is 5.58. The van der Waals surface area contributed by atoms with Crippen molar-refractivity contribution in [2.24, 2.45) is 0 Å². The van der Waals surface area contributed by atoms with E-state index in [1.165, 1.54) is 18.3 Å². The first-order chi connectivity index (χ1) is 13.1. The van der Waals surface area contributed by atoms with Crippen LogP contribution in [0.25, 0.3) is 0 Å². The lowest BCUT2D eigenvalue weighted by Crippen LogP contribution is -2.45. The molecule has 1 atom stereocenters. The van der Waals surface area contributed by atoms with Gasteiger partial charge in [0.1, 0.15) is 11.8 Å². The molecule has 0 fully saturated rings. The van der Waals surface area contributed by atoms with Crippen molar-refractivity contribution in [3.63, 3.8) is 0 Å². The monoisotopic (exact) mass is 444 g/mol. The molecule has 0 aliphatic rings. The Balaban J connectivity index is 2.19. The first kappa shape index (κ1) is 22.4. The van der Waals surface area contributed by atoms with Gasteiger partial charge in [0, 0.05) is 5.25 Å². The van der Waals surface area contributed by atoms with Gasteiger partial charge in [0.15, 0.2) is 4.34 Å². The molecule has 0 aliphatic carbocycles. The average Bonchev–Trinajstić information content (AvgIpc) is 3.01. The Morgan fingerprint density at radius 2 is 1.89 bits per heavy atom. The quantitative estimate of drug-likeness (QED) is 0.468. The Morgan fingerprint density at radius 1 is 1.25 bits per heavy atom. The van der Waals surface area contributed by atoms with Crippen molar-refractivity contribution in [2.45, 2.75) is 43.3 Å². The smallest absolute Gasteiger partial charge is 0.249 e. The predicted molar refractivity (Wildman–Crippen MR) is 114 cm³/mol. The van der Waals surface area contributed by atoms with Crippen molar-refractivity contribution < 1.29 is 17.9 Å². The zero-order valence-corrected chi connectivity index (χ0v) is 18.8. The van der Waals surface area contributed by atoms with Crippen molar-refractivity contribution in [2.75, 3.05) is 22.5 Å². The van der Waals surface area contributed by atoms with Crippen molar-refractivity contribution in [3.8, 4) is 5.75 Å². The third kappa shape index (κ3) is 6.08. The SMILES string of the molecule is CCOc1ccc(N([C@H](C)C(=O)Nc2nnc(SC(C)C)s2)S(C)(=O)=O)cc1. The topological polar surface area (TPSA) is 101 Å². The number of nitrogens with one attached hydrogen (secondary N) is 1. The molecule has 1 N–H and O–H groups in total. The largest absolute Gasteiger partial charge is 0.494 e. The van der Waals surface area contributed by atoms with E-state index >= 15 is 0 Å². The molecule has 1 heterocycles. The number of hydrogen-bond donors (Lipinski definition) is 1. The van der Waals surface area contributed by atoms with E-state index in [0.717, 1.165) is 14.9 Å². The maximum absolute atomic E-state index is 12.7. The number of amides is 1. The van der Waals surface area contributed by atoms with Gasteiger partial charge >= 0.3 is 0 Å². The van der Waals surface area contributed by atoms with E-state index in [2.05, 4.69) is 15.5 Å². The highest BCUT2D eigenvalue weighted by molar-refractivity contribution is 8.01. The van der Waals surface area contributed by atoms with Gasteiger partial charge in [0.2, 0.25) is 21.1 Å². The number of thioether (sulfide) groups is 1. The summed E-state index contributed by atoms with van der Waals surface area (Å²) in [5.41, 5.74) is 0.377. The summed E-state index contributed by atoms with van der Waals surface area (Å²) in [7, 11) is -3.70. The van der Waals surface area contributed by atoms with Gasteiger partial charge in [0.05, 0.1) is 18.6 Å². The van der Waals surface area contributed by atoms with Crippen LogP contribution >= 0.6 is 23.1 Å². The number of nitrogens with zero attached hydrogens (tertiary/aromatic N) is 3. The zero-order chi connectivity index (χ0) is 20.9. The van der Waals surface area contributed by atoms with Crippen LogP contribution in [-0.2, 0) is 14.8 Å². The van der Waals surface area contributed by atoms with Crippen LogP contribution in [0.1, 0.15) is 27.7 Å². The molecule has 2 rings (SSSR count). The van der Waals surface area contributed by atoms with Crippen LogP contribution in [0.4, 0.5) is 10.8 Å². The fraction of sp³-hybridized carbons (Fsp3) is 0.471. The fourth-order valence-corrected chi connectivity index (χ4v) is 5.54. The molecule has 0 spiro atoms. The zero-order valence-electron chi connectivity index (χ0n) is 16.4. The summed E-state index contributed by atoms with van der Waals surface area (Å²) in [6.07, 6.45) is 1.07. The van der Waals surface area contributed by atoms with Crippen LogP contribution in [0.5, 0.6) is 5.75 Å². The minimum absolute atomic E-state index is 0.333. The molecule has 1 amide bonds. The van der Waals surface area contributed by atoms with Crippen molar-refractivity contribution in [3.05, 3.63) is 24.3 Å². The number of sulfonamides is 1. The molecule has 0 aliphatic heterocycles. The summed E-state index contributed by atoms with van der Waals surface area (Å²) in [5.74, 6) is 0.136. The van der Waals surface area contributed by atoms with Crippen LogP contribution in [0.3, 0.4) is 0 Å². The van der Waals surface area contributed by atoms with Crippen molar-refractivity contribution >= 4 is 49.8 Å². The Bertz CT molecular complexity index is 897. The summed E-state index contributed by atoms with van der Waals surface area (Å²) >= 11 is 2.80. The molecule has 0 saturated carbocycles. The molecule has 1 aromatic carbocycles. The number of anilines is 2. The lowest BCUT2D eigenvalue weighted by Gasteiger charge is -2.28. The molecular weight excluding hydrogens is 420 g/mol. The molecule has 1 aromatic heterocycles. The lowest BCUT2D eigenvalue weighted by atomic mass is 10.2. The van der Waals surface area contributed by atoms with E-state index in [4.69, 9.17) is 4.74 Å². The molecule has 2 aromatic rings. The molecule has 0 saturated heterocycles. The number of carbonyl (C=O) groups is 1. The minimum atomic E-state index is -3.70. The molecule has 8 nitrogen and oxygen atoms in total. The highest BCUT2D eigenvalue weighted by Crippen LogP contribution is 2.29.